The highest BCUT2D eigenvalue weighted by Gasteiger charge is 2.54. The second-order valence-corrected chi connectivity index (χ2v) is 8.60. The molecule has 26 heavy (non-hydrogen) atoms. The zero-order chi connectivity index (χ0) is 20.8. The Morgan fingerprint density at radius 2 is 1.42 bits per heavy atom. The lowest BCUT2D eigenvalue weighted by Crippen LogP contribution is -2.39. The molecule has 0 heterocycles. The normalized spacial score (nSPS) is 15.0. The fraction of sp³-hybridized carbons (Fsp3) is 0.875. The molecule has 1 N–H and O–H groups in total. The number of hydrogen-bond acceptors (Lipinski definition) is 6. The van der Waals surface area contributed by atoms with Gasteiger partial charge in [-0.2, -0.15) is 17.2 Å². The van der Waals surface area contributed by atoms with Crippen LogP contribution >= 0.6 is 0 Å². The highest BCUT2D eigenvalue weighted by molar-refractivity contribution is 7.87. The molecule has 0 aromatic carbocycles. The van der Waals surface area contributed by atoms with E-state index in [-0.39, 0.29) is 31.3 Å². The quantitative estimate of drug-likeness (QED) is 0.321. The van der Waals surface area contributed by atoms with Crippen LogP contribution in [0.1, 0.15) is 53.9 Å². The van der Waals surface area contributed by atoms with E-state index in [2.05, 4.69) is 4.74 Å². The molecule has 1 atom stereocenters. The summed E-state index contributed by atoms with van der Waals surface area (Å²) < 4.78 is 64.3. The number of ether oxygens (including phenoxy) is 2. The first-order valence-electron chi connectivity index (χ1n) is 8.35. The Hall–Kier alpha value is -1.29. The molecule has 0 saturated carbocycles. The number of rotatable bonds is 11. The van der Waals surface area contributed by atoms with Gasteiger partial charge in [0.15, 0.2) is 0 Å². The summed E-state index contributed by atoms with van der Waals surface area (Å²) in [6, 6.07) is 0. The summed E-state index contributed by atoms with van der Waals surface area (Å²) in [4.78, 5) is 23.3. The van der Waals surface area contributed by atoms with Crippen molar-refractivity contribution in [2.75, 3.05) is 13.2 Å². The molecule has 0 aromatic heterocycles. The van der Waals surface area contributed by atoms with Gasteiger partial charge in [0.05, 0.1) is 18.6 Å². The van der Waals surface area contributed by atoms with E-state index in [4.69, 9.17) is 9.29 Å². The number of carbonyl (C=O) groups excluding carboxylic acids is 2. The van der Waals surface area contributed by atoms with Crippen molar-refractivity contribution in [2.24, 2.45) is 17.3 Å². The van der Waals surface area contributed by atoms with Crippen molar-refractivity contribution in [1.82, 2.24) is 0 Å². The summed E-state index contributed by atoms with van der Waals surface area (Å²) >= 11 is 0. The van der Waals surface area contributed by atoms with Crippen molar-refractivity contribution in [3.05, 3.63) is 0 Å². The minimum atomic E-state index is -5.87. The highest BCUT2D eigenvalue weighted by Crippen LogP contribution is 2.35. The molecule has 0 rings (SSSR count). The summed E-state index contributed by atoms with van der Waals surface area (Å²) in [6.07, 6.45) is 0.987. The van der Waals surface area contributed by atoms with Crippen molar-refractivity contribution in [1.29, 1.82) is 0 Å². The molecular weight excluding hydrogens is 374 g/mol. The second-order valence-electron chi connectivity index (χ2n) is 7.14. The summed E-state index contributed by atoms with van der Waals surface area (Å²) in [5, 5.41) is -5.00. The Morgan fingerprint density at radius 1 is 1.00 bits per heavy atom. The lowest BCUT2D eigenvalue weighted by molar-refractivity contribution is -0.163. The van der Waals surface area contributed by atoms with Crippen LogP contribution in [0.2, 0.25) is 0 Å². The summed E-state index contributed by atoms with van der Waals surface area (Å²) in [5.74, 6) is -2.32. The Labute approximate surface area is 153 Å². The van der Waals surface area contributed by atoms with E-state index in [1.165, 1.54) is 0 Å². The molecule has 0 radical (unpaired) electrons. The van der Waals surface area contributed by atoms with Crippen molar-refractivity contribution in [2.45, 2.75) is 59.1 Å². The lowest BCUT2D eigenvalue weighted by atomic mass is 9.73. The maximum atomic E-state index is 12.9. The Kier molecular flexibility index (Phi) is 9.11. The molecule has 0 fully saturated rings. The van der Waals surface area contributed by atoms with Gasteiger partial charge in [0.2, 0.25) is 0 Å². The molecular formula is C16H28F2O7S. The van der Waals surface area contributed by atoms with Gasteiger partial charge in [-0.05, 0) is 38.0 Å². The van der Waals surface area contributed by atoms with E-state index in [1.807, 2.05) is 34.6 Å². The van der Waals surface area contributed by atoms with Crippen LogP contribution in [-0.2, 0) is 29.2 Å². The largest absolute Gasteiger partial charge is 0.465 e. The average Bonchev–Trinajstić information content (AvgIpc) is 2.47. The second kappa shape index (κ2) is 9.59. The van der Waals surface area contributed by atoms with E-state index >= 15 is 0 Å². The number of unbranched alkanes of at least 4 members (excludes halogenated alkanes) is 1. The van der Waals surface area contributed by atoms with Crippen LogP contribution in [0.5, 0.6) is 0 Å². The van der Waals surface area contributed by atoms with Crippen molar-refractivity contribution >= 4 is 22.1 Å². The molecule has 0 aliphatic carbocycles. The van der Waals surface area contributed by atoms with Gasteiger partial charge in [0.1, 0.15) is 0 Å². The average molecular weight is 402 g/mol. The molecule has 7 nitrogen and oxygen atoms in total. The predicted molar refractivity (Wildman–Crippen MR) is 90.0 cm³/mol. The topological polar surface area (TPSA) is 107 Å². The Bertz CT molecular complexity index is 587. The number of hydrogen-bond donors (Lipinski definition) is 1. The standard InChI is InChI=1S/C16H28F2O7S/c1-11(2)10-15(5,12(3)4)13(19)24-8-6-7-9-25-14(20)16(17,18)26(21,22)23/h11-12H,6-10H2,1-5H3,(H,21,22,23)/t15-/m0/s1. The first-order chi connectivity index (χ1) is 11.7. The van der Waals surface area contributed by atoms with Crippen LogP contribution in [0.15, 0.2) is 0 Å². The molecule has 10 heteroatoms. The zero-order valence-electron chi connectivity index (χ0n) is 15.8. The summed E-state index contributed by atoms with van der Waals surface area (Å²) in [5.41, 5.74) is -0.641. The number of carbonyl (C=O) groups is 2. The van der Waals surface area contributed by atoms with Crippen LogP contribution in [0, 0.1) is 17.3 Å². The van der Waals surface area contributed by atoms with Gasteiger partial charge in [0.25, 0.3) is 0 Å². The Morgan fingerprint density at radius 3 is 1.77 bits per heavy atom. The molecule has 0 amide bonds. The predicted octanol–water partition coefficient (Wildman–Crippen LogP) is 3.04. The third kappa shape index (κ3) is 6.79. The first kappa shape index (κ1) is 24.7. The van der Waals surface area contributed by atoms with Gasteiger partial charge in [0, 0.05) is 0 Å². The first-order valence-corrected chi connectivity index (χ1v) is 9.79. The van der Waals surface area contributed by atoms with E-state index in [1.54, 1.807) is 0 Å². The fourth-order valence-corrected chi connectivity index (χ4v) is 2.56. The molecule has 0 aliphatic heterocycles. The number of esters is 2. The van der Waals surface area contributed by atoms with Gasteiger partial charge in [-0.3, -0.25) is 9.35 Å². The van der Waals surface area contributed by atoms with Crippen LogP contribution in [0.3, 0.4) is 0 Å². The van der Waals surface area contributed by atoms with Gasteiger partial charge in [-0.15, -0.1) is 0 Å². The van der Waals surface area contributed by atoms with Crippen LogP contribution < -0.4 is 0 Å². The SMILES string of the molecule is CC(C)C[C@](C)(C(=O)OCCCCOC(=O)C(F)(F)S(=O)(=O)O)C(C)C. The van der Waals surface area contributed by atoms with Gasteiger partial charge >= 0.3 is 27.3 Å². The van der Waals surface area contributed by atoms with E-state index < -0.39 is 33.4 Å². The third-order valence-corrected chi connectivity index (χ3v) is 4.95. The molecule has 0 aromatic rings. The molecule has 0 spiro atoms. The third-order valence-electron chi connectivity index (χ3n) is 4.14. The minimum Gasteiger partial charge on any atom is -0.465 e. The summed E-state index contributed by atoms with van der Waals surface area (Å²) in [6.45, 7) is 9.23. The fourth-order valence-electron chi connectivity index (χ4n) is 2.29. The van der Waals surface area contributed by atoms with Crippen LogP contribution in [0.4, 0.5) is 8.78 Å². The molecule has 0 aliphatic rings. The molecule has 0 saturated heterocycles. The summed E-state index contributed by atoms with van der Waals surface area (Å²) in [7, 11) is -5.87. The van der Waals surface area contributed by atoms with Crippen LogP contribution in [0.25, 0.3) is 0 Å². The Balaban J connectivity index is 4.32. The van der Waals surface area contributed by atoms with E-state index in [0.29, 0.717) is 12.3 Å². The zero-order valence-corrected chi connectivity index (χ0v) is 16.6. The highest BCUT2D eigenvalue weighted by atomic mass is 32.2. The lowest BCUT2D eigenvalue weighted by Gasteiger charge is -2.32. The maximum absolute atomic E-state index is 12.9. The monoisotopic (exact) mass is 402 g/mol. The van der Waals surface area contributed by atoms with Crippen molar-refractivity contribution in [3.8, 4) is 0 Å². The van der Waals surface area contributed by atoms with Crippen molar-refractivity contribution < 1.29 is 40.8 Å². The van der Waals surface area contributed by atoms with E-state index in [0.717, 1.165) is 0 Å². The molecule has 154 valence electrons. The van der Waals surface area contributed by atoms with Crippen LogP contribution in [-0.4, -0.2) is 43.4 Å². The number of halogens is 2. The van der Waals surface area contributed by atoms with Crippen molar-refractivity contribution in [3.63, 3.8) is 0 Å². The van der Waals surface area contributed by atoms with Gasteiger partial charge in [-0.25, -0.2) is 4.79 Å². The molecule has 0 unspecified atom stereocenters. The molecule has 0 bridgehead atoms. The number of alkyl halides is 2. The van der Waals surface area contributed by atoms with E-state index in [9.17, 15) is 26.8 Å². The maximum Gasteiger partial charge on any atom is 0.465 e. The minimum absolute atomic E-state index is 0.0193. The van der Waals surface area contributed by atoms with Gasteiger partial charge < -0.3 is 9.47 Å². The van der Waals surface area contributed by atoms with Gasteiger partial charge in [-0.1, -0.05) is 27.7 Å². The smallest absolute Gasteiger partial charge is 0.465 e.